The second-order valence-corrected chi connectivity index (χ2v) is 7.60. The maximum Gasteiger partial charge on any atom is 0.262 e. The number of aryl methyl sites for hydroxylation is 2. The fourth-order valence-corrected chi connectivity index (χ4v) is 3.72. The third-order valence-corrected chi connectivity index (χ3v) is 4.84. The molecule has 6 nitrogen and oxygen atoms in total. The molecule has 126 valence electrons. The molecule has 7 heteroatoms. The third-order valence-electron chi connectivity index (χ3n) is 3.60. The SMILES string of the molecule is Cc1ccc(CS(=O)(=O)Nc2cc(C)cc3c2OCC(=O)N3)cc1. The van der Waals surface area contributed by atoms with Crippen LogP contribution in [0.4, 0.5) is 11.4 Å². The van der Waals surface area contributed by atoms with Gasteiger partial charge in [-0.25, -0.2) is 8.42 Å². The molecule has 1 aliphatic rings. The van der Waals surface area contributed by atoms with Crippen molar-refractivity contribution in [1.29, 1.82) is 0 Å². The van der Waals surface area contributed by atoms with Gasteiger partial charge in [0.25, 0.3) is 5.91 Å². The number of fused-ring (bicyclic) bond motifs is 1. The Bertz CT molecular complexity index is 890. The minimum atomic E-state index is -3.61. The van der Waals surface area contributed by atoms with Crippen LogP contribution in [0.2, 0.25) is 0 Å². The van der Waals surface area contributed by atoms with Gasteiger partial charge in [-0.2, -0.15) is 0 Å². The number of hydrogen-bond acceptors (Lipinski definition) is 4. The van der Waals surface area contributed by atoms with Gasteiger partial charge >= 0.3 is 0 Å². The molecule has 0 aliphatic carbocycles. The molecular formula is C17H18N2O4S. The van der Waals surface area contributed by atoms with E-state index in [-0.39, 0.29) is 18.3 Å². The van der Waals surface area contributed by atoms with Gasteiger partial charge < -0.3 is 10.1 Å². The highest BCUT2D eigenvalue weighted by atomic mass is 32.2. The largest absolute Gasteiger partial charge is 0.479 e. The van der Waals surface area contributed by atoms with Crippen molar-refractivity contribution in [3.63, 3.8) is 0 Å². The average molecular weight is 346 g/mol. The van der Waals surface area contributed by atoms with E-state index in [0.29, 0.717) is 22.7 Å². The van der Waals surface area contributed by atoms with E-state index in [4.69, 9.17) is 4.74 Å². The van der Waals surface area contributed by atoms with E-state index in [2.05, 4.69) is 10.0 Å². The molecule has 1 amide bonds. The molecule has 0 aromatic heterocycles. The van der Waals surface area contributed by atoms with E-state index in [1.54, 1.807) is 24.3 Å². The predicted molar refractivity (Wildman–Crippen MR) is 92.7 cm³/mol. The standard InChI is InChI=1S/C17H18N2O4S/c1-11-3-5-13(6-4-11)10-24(21,22)19-15-8-12(2)7-14-17(15)23-9-16(20)18-14/h3-8,19H,9-10H2,1-2H3,(H,18,20). The van der Waals surface area contributed by atoms with Gasteiger partial charge in [0, 0.05) is 0 Å². The monoisotopic (exact) mass is 346 g/mol. The van der Waals surface area contributed by atoms with E-state index in [9.17, 15) is 13.2 Å². The Balaban J connectivity index is 1.87. The first-order valence-electron chi connectivity index (χ1n) is 7.46. The number of rotatable bonds is 4. The van der Waals surface area contributed by atoms with Gasteiger partial charge in [0.05, 0.1) is 17.1 Å². The summed E-state index contributed by atoms with van der Waals surface area (Å²) in [5, 5.41) is 2.68. The van der Waals surface area contributed by atoms with E-state index in [1.165, 1.54) is 0 Å². The fraction of sp³-hybridized carbons (Fsp3) is 0.235. The molecule has 1 aliphatic heterocycles. The van der Waals surface area contributed by atoms with Crippen LogP contribution < -0.4 is 14.8 Å². The van der Waals surface area contributed by atoms with Crippen molar-refractivity contribution >= 4 is 27.3 Å². The summed E-state index contributed by atoms with van der Waals surface area (Å²) in [7, 11) is -3.61. The smallest absolute Gasteiger partial charge is 0.262 e. The van der Waals surface area contributed by atoms with Crippen LogP contribution in [0.25, 0.3) is 0 Å². The number of carbonyl (C=O) groups is 1. The lowest BCUT2D eigenvalue weighted by molar-refractivity contribution is -0.118. The summed E-state index contributed by atoms with van der Waals surface area (Å²) < 4.78 is 32.9. The summed E-state index contributed by atoms with van der Waals surface area (Å²) in [6.45, 7) is 3.63. The first kappa shape index (κ1) is 16.3. The zero-order valence-electron chi connectivity index (χ0n) is 13.4. The minimum absolute atomic E-state index is 0.136. The molecule has 0 bridgehead atoms. The molecule has 2 N–H and O–H groups in total. The molecule has 0 fully saturated rings. The molecule has 3 rings (SSSR count). The number of benzene rings is 2. The van der Waals surface area contributed by atoms with Gasteiger partial charge in [0.15, 0.2) is 12.4 Å². The Kier molecular flexibility index (Phi) is 4.19. The topological polar surface area (TPSA) is 84.5 Å². The van der Waals surface area contributed by atoms with Crippen LogP contribution in [0.1, 0.15) is 16.7 Å². The maximum absolute atomic E-state index is 12.5. The highest BCUT2D eigenvalue weighted by Gasteiger charge is 2.22. The third kappa shape index (κ3) is 3.68. The van der Waals surface area contributed by atoms with E-state index < -0.39 is 10.0 Å². The van der Waals surface area contributed by atoms with Crippen LogP contribution >= 0.6 is 0 Å². The number of ether oxygens (including phenoxy) is 1. The van der Waals surface area contributed by atoms with Crippen molar-refractivity contribution in [2.24, 2.45) is 0 Å². The number of nitrogens with one attached hydrogen (secondary N) is 2. The van der Waals surface area contributed by atoms with Crippen LogP contribution in [-0.2, 0) is 20.6 Å². The Morgan fingerprint density at radius 1 is 1.12 bits per heavy atom. The number of amides is 1. The first-order chi connectivity index (χ1) is 11.3. The van der Waals surface area contributed by atoms with Crippen molar-refractivity contribution in [1.82, 2.24) is 0 Å². The Labute approximate surface area is 140 Å². The number of carbonyl (C=O) groups excluding carboxylic acids is 1. The lowest BCUT2D eigenvalue weighted by atomic mass is 10.1. The number of sulfonamides is 1. The van der Waals surface area contributed by atoms with Crippen LogP contribution in [0, 0.1) is 13.8 Å². The van der Waals surface area contributed by atoms with E-state index in [1.807, 2.05) is 26.0 Å². The molecule has 0 saturated carbocycles. The van der Waals surface area contributed by atoms with Crippen LogP contribution in [0.3, 0.4) is 0 Å². The Morgan fingerprint density at radius 2 is 1.83 bits per heavy atom. The van der Waals surface area contributed by atoms with Gasteiger partial charge in [-0.3, -0.25) is 9.52 Å². The van der Waals surface area contributed by atoms with Gasteiger partial charge in [0.1, 0.15) is 0 Å². The van der Waals surface area contributed by atoms with Crippen molar-refractivity contribution in [2.45, 2.75) is 19.6 Å². The molecule has 2 aromatic carbocycles. The zero-order valence-corrected chi connectivity index (χ0v) is 14.2. The number of hydrogen-bond donors (Lipinski definition) is 2. The lowest BCUT2D eigenvalue weighted by Crippen LogP contribution is -2.26. The predicted octanol–water partition coefficient (Wildman–Crippen LogP) is 2.58. The van der Waals surface area contributed by atoms with Gasteiger partial charge in [0.2, 0.25) is 10.0 Å². The Morgan fingerprint density at radius 3 is 2.54 bits per heavy atom. The molecule has 24 heavy (non-hydrogen) atoms. The van der Waals surface area contributed by atoms with Crippen molar-refractivity contribution in [3.8, 4) is 5.75 Å². The highest BCUT2D eigenvalue weighted by molar-refractivity contribution is 7.91. The summed E-state index contributed by atoms with van der Waals surface area (Å²) in [5.41, 5.74) is 3.38. The van der Waals surface area contributed by atoms with Crippen molar-refractivity contribution in [3.05, 3.63) is 53.1 Å². The maximum atomic E-state index is 12.5. The molecule has 2 aromatic rings. The van der Waals surface area contributed by atoms with Crippen LogP contribution in [0.5, 0.6) is 5.75 Å². The van der Waals surface area contributed by atoms with Crippen LogP contribution in [0.15, 0.2) is 36.4 Å². The second-order valence-electron chi connectivity index (χ2n) is 5.87. The normalized spacial score (nSPS) is 13.7. The van der Waals surface area contributed by atoms with Crippen molar-refractivity contribution < 1.29 is 17.9 Å². The molecular weight excluding hydrogens is 328 g/mol. The zero-order chi connectivity index (χ0) is 17.3. The molecule has 0 radical (unpaired) electrons. The quantitative estimate of drug-likeness (QED) is 0.891. The summed E-state index contributed by atoms with van der Waals surface area (Å²) >= 11 is 0. The molecule has 1 heterocycles. The highest BCUT2D eigenvalue weighted by Crippen LogP contribution is 2.37. The number of anilines is 2. The van der Waals surface area contributed by atoms with E-state index in [0.717, 1.165) is 11.1 Å². The second kappa shape index (κ2) is 6.16. The molecule has 0 atom stereocenters. The van der Waals surface area contributed by atoms with E-state index >= 15 is 0 Å². The summed E-state index contributed by atoms with van der Waals surface area (Å²) in [6.07, 6.45) is 0. The summed E-state index contributed by atoms with van der Waals surface area (Å²) in [4.78, 5) is 11.4. The van der Waals surface area contributed by atoms with Gasteiger partial charge in [-0.15, -0.1) is 0 Å². The van der Waals surface area contributed by atoms with Crippen LogP contribution in [-0.4, -0.2) is 20.9 Å². The molecule has 0 unspecified atom stereocenters. The Hall–Kier alpha value is -2.54. The minimum Gasteiger partial charge on any atom is -0.479 e. The van der Waals surface area contributed by atoms with Crippen molar-refractivity contribution in [2.75, 3.05) is 16.6 Å². The summed E-state index contributed by atoms with van der Waals surface area (Å²) in [5.74, 6) is -0.0585. The average Bonchev–Trinajstić information content (AvgIpc) is 2.48. The summed E-state index contributed by atoms with van der Waals surface area (Å²) in [6, 6.07) is 10.7. The van der Waals surface area contributed by atoms with Gasteiger partial charge in [-0.05, 0) is 37.1 Å². The fourth-order valence-electron chi connectivity index (χ4n) is 2.53. The lowest BCUT2D eigenvalue weighted by Gasteiger charge is -2.22. The van der Waals surface area contributed by atoms with Gasteiger partial charge in [-0.1, -0.05) is 29.8 Å². The first-order valence-corrected chi connectivity index (χ1v) is 9.11. The molecule has 0 spiro atoms. The molecule has 0 saturated heterocycles.